The molecular formula is C10H14N2O2. The lowest BCUT2D eigenvalue weighted by Gasteiger charge is -2.33. The molecule has 0 amide bonds. The van der Waals surface area contributed by atoms with Crippen LogP contribution in [0.25, 0.3) is 0 Å². The molecule has 0 spiro atoms. The molecule has 2 atom stereocenters. The van der Waals surface area contributed by atoms with E-state index in [4.69, 9.17) is 0 Å². The van der Waals surface area contributed by atoms with Gasteiger partial charge in [-0.3, -0.25) is 4.79 Å². The fourth-order valence-corrected chi connectivity index (χ4v) is 1.75. The Labute approximate surface area is 82.2 Å². The first kappa shape index (κ1) is 9.27. The summed E-state index contributed by atoms with van der Waals surface area (Å²) in [6.45, 7) is 0. The van der Waals surface area contributed by atoms with Gasteiger partial charge in [-0.2, -0.15) is 0 Å². The number of aromatic nitrogens is 1. The van der Waals surface area contributed by atoms with Crippen LogP contribution >= 0.6 is 0 Å². The Morgan fingerprint density at radius 1 is 1.57 bits per heavy atom. The Morgan fingerprint density at radius 2 is 2.36 bits per heavy atom. The maximum atomic E-state index is 11.8. The number of rotatable bonds is 2. The number of pyridine rings is 1. The summed E-state index contributed by atoms with van der Waals surface area (Å²) in [5.41, 5.74) is 0.519. The predicted octanol–water partition coefficient (Wildman–Crippen LogP) is 0.586. The Hall–Kier alpha value is -1.29. The van der Waals surface area contributed by atoms with Gasteiger partial charge in [0.25, 0.3) is 5.56 Å². The van der Waals surface area contributed by atoms with Gasteiger partial charge in [-0.25, -0.2) is 0 Å². The van der Waals surface area contributed by atoms with Crippen LogP contribution in [0.3, 0.4) is 0 Å². The first-order valence-electron chi connectivity index (χ1n) is 4.81. The van der Waals surface area contributed by atoms with Crippen LogP contribution in [0.1, 0.15) is 18.9 Å². The number of hydrogen-bond donors (Lipinski definition) is 2. The van der Waals surface area contributed by atoms with E-state index in [1.807, 2.05) is 6.07 Å². The van der Waals surface area contributed by atoms with Gasteiger partial charge in [-0.05, 0) is 25.0 Å². The van der Waals surface area contributed by atoms with Crippen molar-refractivity contribution in [2.24, 2.45) is 0 Å². The van der Waals surface area contributed by atoms with Crippen molar-refractivity contribution in [2.75, 3.05) is 12.4 Å². The topological polar surface area (TPSA) is 54.3 Å². The number of hydrogen-bond acceptors (Lipinski definition) is 3. The van der Waals surface area contributed by atoms with Crippen molar-refractivity contribution in [3.8, 4) is 0 Å². The Bertz CT molecular complexity index is 386. The Morgan fingerprint density at radius 3 is 2.86 bits per heavy atom. The van der Waals surface area contributed by atoms with E-state index in [9.17, 15) is 9.90 Å². The lowest BCUT2D eigenvalue weighted by Crippen LogP contribution is -2.39. The molecule has 0 aliphatic heterocycles. The number of nitrogens with zero attached hydrogens (tertiary/aromatic N) is 1. The summed E-state index contributed by atoms with van der Waals surface area (Å²) in [5, 5.41) is 12.3. The van der Waals surface area contributed by atoms with Crippen molar-refractivity contribution >= 4 is 5.69 Å². The molecule has 1 fully saturated rings. The van der Waals surface area contributed by atoms with Crippen LogP contribution in [0.2, 0.25) is 0 Å². The van der Waals surface area contributed by atoms with Crippen LogP contribution in [0, 0.1) is 0 Å². The van der Waals surface area contributed by atoms with Gasteiger partial charge in [0.2, 0.25) is 0 Å². The summed E-state index contributed by atoms with van der Waals surface area (Å²) in [7, 11) is 1.72. The summed E-state index contributed by atoms with van der Waals surface area (Å²) in [6.07, 6.45) is 3.05. The third-order valence-corrected chi connectivity index (χ3v) is 2.80. The molecule has 0 bridgehead atoms. The van der Waals surface area contributed by atoms with Gasteiger partial charge < -0.3 is 15.0 Å². The number of anilines is 1. The van der Waals surface area contributed by atoms with Gasteiger partial charge in [-0.15, -0.1) is 0 Å². The van der Waals surface area contributed by atoms with Crippen LogP contribution in [-0.4, -0.2) is 22.8 Å². The fourth-order valence-electron chi connectivity index (χ4n) is 1.75. The van der Waals surface area contributed by atoms with Gasteiger partial charge in [0.05, 0.1) is 12.1 Å². The molecule has 2 rings (SSSR count). The van der Waals surface area contributed by atoms with E-state index in [1.165, 1.54) is 0 Å². The highest BCUT2D eigenvalue weighted by Crippen LogP contribution is 2.30. The second-order valence-corrected chi connectivity index (χ2v) is 3.60. The predicted molar refractivity (Wildman–Crippen MR) is 54.5 cm³/mol. The second-order valence-electron chi connectivity index (χ2n) is 3.60. The average Bonchev–Trinajstić information content (AvgIpc) is 2.19. The minimum Gasteiger partial charge on any atom is -0.391 e. The molecule has 2 N–H and O–H groups in total. The lowest BCUT2D eigenvalue weighted by atomic mass is 9.89. The Balaban J connectivity index is 2.38. The molecule has 0 radical (unpaired) electrons. The number of nitrogens with one attached hydrogen (secondary N) is 1. The molecule has 1 heterocycles. The highest BCUT2D eigenvalue weighted by molar-refractivity contribution is 5.39. The standard InChI is InChI=1S/C10H14N2O2/c1-11-7-3-2-6-12(10(7)14)8-4-5-9(8)13/h2-3,6,8-9,11,13H,4-5H2,1H3/t8-,9-/m1/s1. The van der Waals surface area contributed by atoms with E-state index in [0.29, 0.717) is 5.69 Å². The minimum absolute atomic E-state index is 0.0317. The van der Waals surface area contributed by atoms with Gasteiger partial charge in [0.15, 0.2) is 0 Å². The van der Waals surface area contributed by atoms with Crippen LogP contribution in [0.4, 0.5) is 5.69 Å². The van der Waals surface area contributed by atoms with Crippen molar-refractivity contribution in [2.45, 2.75) is 25.0 Å². The smallest absolute Gasteiger partial charge is 0.274 e. The fraction of sp³-hybridized carbons (Fsp3) is 0.500. The van der Waals surface area contributed by atoms with Crippen LogP contribution in [-0.2, 0) is 0 Å². The van der Waals surface area contributed by atoms with E-state index >= 15 is 0 Å². The van der Waals surface area contributed by atoms with Gasteiger partial charge in [0, 0.05) is 13.2 Å². The van der Waals surface area contributed by atoms with Crippen LogP contribution in [0.5, 0.6) is 0 Å². The van der Waals surface area contributed by atoms with Crippen molar-refractivity contribution in [3.63, 3.8) is 0 Å². The molecule has 0 saturated heterocycles. The number of aliphatic hydroxyl groups is 1. The zero-order valence-corrected chi connectivity index (χ0v) is 8.10. The maximum Gasteiger partial charge on any atom is 0.274 e. The van der Waals surface area contributed by atoms with E-state index in [-0.39, 0.29) is 17.7 Å². The van der Waals surface area contributed by atoms with Crippen LogP contribution < -0.4 is 10.9 Å². The van der Waals surface area contributed by atoms with Crippen molar-refractivity contribution < 1.29 is 5.11 Å². The molecule has 1 aromatic heterocycles. The molecule has 1 saturated carbocycles. The minimum atomic E-state index is -0.361. The quantitative estimate of drug-likeness (QED) is 0.724. The third-order valence-electron chi connectivity index (χ3n) is 2.80. The summed E-state index contributed by atoms with van der Waals surface area (Å²) in [4.78, 5) is 11.8. The average molecular weight is 194 g/mol. The van der Waals surface area contributed by atoms with Gasteiger partial charge >= 0.3 is 0 Å². The van der Waals surface area contributed by atoms with Gasteiger partial charge in [0.1, 0.15) is 5.69 Å². The normalized spacial score (nSPS) is 25.6. The number of aliphatic hydroxyl groups excluding tert-OH is 1. The molecule has 4 heteroatoms. The zero-order valence-electron chi connectivity index (χ0n) is 8.10. The summed E-state index contributed by atoms with van der Waals surface area (Å²) in [6, 6.07) is 3.53. The van der Waals surface area contributed by atoms with E-state index < -0.39 is 0 Å². The van der Waals surface area contributed by atoms with Gasteiger partial charge in [-0.1, -0.05) is 0 Å². The van der Waals surface area contributed by atoms with Crippen molar-refractivity contribution in [3.05, 3.63) is 28.7 Å². The van der Waals surface area contributed by atoms with E-state index in [1.54, 1.807) is 23.9 Å². The largest absolute Gasteiger partial charge is 0.391 e. The highest BCUT2D eigenvalue weighted by atomic mass is 16.3. The van der Waals surface area contributed by atoms with Crippen molar-refractivity contribution in [1.82, 2.24) is 4.57 Å². The molecule has 0 aromatic carbocycles. The molecule has 1 aliphatic rings. The monoisotopic (exact) mass is 194 g/mol. The van der Waals surface area contributed by atoms with E-state index in [0.717, 1.165) is 12.8 Å². The molecule has 14 heavy (non-hydrogen) atoms. The molecular weight excluding hydrogens is 180 g/mol. The maximum absolute atomic E-state index is 11.8. The third kappa shape index (κ3) is 1.32. The molecule has 0 unspecified atom stereocenters. The summed E-state index contributed by atoms with van der Waals surface area (Å²) in [5.74, 6) is 0. The molecule has 1 aromatic rings. The zero-order chi connectivity index (χ0) is 10.1. The first-order chi connectivity index (χ1) is 6.74. The molecule has 1 aliphatic carbocycles. The molecule has 4 nitrogen and oxygen atoms in total. The first-order valence-corrected chi connectivity index (χ1v) is 4.81. The lowest BCUT2D eigenvalue weighted by molar-refractivity contribution is 0.0300. The van der Waals surface area contributed by atoms with Crippen LogP contribution in [0.15, 0.2) is 23.1 Å². The molecule has 76 valence electrons. The Kier molecular flexibility index (Phi) is 2.29. The summed E-state index contributed by atoms with van der Waals surface area (Å²) < 4.78 is 1.61. The van der Waals surface area contributed by atoms with E-state index in [2.05, 4.69) is 5.32 Å². The second kappa shape index (κ2) is 3.46. The van der Waals surface area contributed by atoms with Crippen molar-refractivity contribution in [1.29, 1.82) is 0 Å². The summed E-state index contributed by atoms with van der Waals surface area (Å²) >= 11 is 0. The SMILES string of the molecule is CNc1cccn([C@@H]2CC[C@H]2O)c1=O. The highest BCUT2D eigenvalue weighted by Gasteiger charge is 2.31.